The number of carbonyl (C=O) groups is 1. The van der Waals surface area contributed by atoms with Crippen LogP contribution in [-0.2, 0) is 0 Å². The van der Waals surface area contributed by atoms with Crippen LogP contribution in [0.3, 0.4) is 0 Å². The smallest absolute Gasteiger partial charge is 0.270 e. The maximum absolute atomic E-state index is 11.9. The number of hydrogen-bond acceptors (Lipinski definition) is 3. The van der Waals surface area contributed by atoms with Crippen LogP contribution in [0.1, 0.15) is 36.2 Å². The predicted molar refractivity (Wildman–Crippen MR) is 65.0 cm³/mol. The van der Waals surface area contributed by atoms with Gasteiger partial charge in [-0.15, -0.1) is 0 Å². The van der Waals surface area contributed by atoms with Crippen molar-refractivity contribution in [2.45, 2.75) is 37.8 Å². The number of halogens is 1. The minimum absolute atomic E-state index is 0.0343. The van der Waals surface area contributed by atoms with Gasteiger partial charge in [0, 0.05) is 6.04 Å². The molecule has 1 amide bonds. The van der Waals surface area contributed by atoms with E-state index >= 15 is 0 Å². The number of aromatic nitrogens is 1. The molecule has 5 heteroatoms. The van der Waals surface area contributed by atoms with Gasteiger partial charge in [-0.05, 0) is 37.8 Å². The molecule has 92 valence electrons. The Morgan fingerprint density at radius 3 is 3.00 bits per heavy atom. The molecule has 1 heterocycles. The van der Waals surface area contributed by atoms with Gasteiger partial charge in [0.1, 0.15) is 10.8 Å². The van der Waals surface area contributed by atoms with Gasteiger partial charge in [-0.3, -0.25) is 4.79 Å². The van der Waals surface area contributed by atoms with Crippen LogP contribution in [0.25, 0.3) is 0 Å². The first-order chi connectivity index (χ1) is 8.15. The maximum atomic E-state index is 11.9. The lowest BCUT2D eigenvalue weighted by molar-refractivity contribution is 0.0845. The van der Waals surface area contributed by atoms with E-state index in [9.17, 15) is 9.90 Å². The van der Waals surface area contributed by atoms with Crippen LogP contribution >= 0.6 is 11.6 Å². The SMILES string of the molecule is O=C(NC1CCCC(O)C1)c1cccc(Cl)n1. The van der Waals surface area contributed by atoms with Crippen molar-refractivity contribution in [3.05, 3.63) is 29.0 Å². The van der Waals surface area contributed by atoms with E-state index in [1.807, 2.05) is 0 Å². The number of aliphatic hydroxyl groups is 1. The number of carbonyl (C=O) groups excluding carboxylic acids is 1. The van der Waals surface area contributed by atoms with Gasteiger partial charge in [-0.2, -0.15) is 0 Å². The molecule has 4 nitrogen and oxygen atoms in total. The largest absolute Gasteiger partial charge is 0.393 e. The van der Waals surface area contributed by atoms with Gasteiger partial charge in [-0.1, -0.05) is 17.7 Å². The highest BCUT2D eigenvalue weighted by Crippen LogP contribution is 2.18. The van der Waals surface area contributed by atoms with Crippen molar-refractivity contribution >= 4 is 17.5 Å². The number of hydrogen-bond donors (Lipinski definition) is 2. The third kappa shape index (κ3) is 3.41. The summed E-state index contributed by atoms with van der Waals surface area (Å²) in [6, 6.07) is 4.98. The second kappa shape index (κ2) is 5.47. The van der Waals surface area contributed by atoms with Crippen LogP contribution < -0.4 is 5.32 Å². The van der Waals surface area contributed by atoms with E-state index in [-0.39, 0.29) is 18.1 Å². The maximum Gasteiger partial charge on any atom is 0.270 e. The number of rotatable bonds is 2. The normalized spacial score (nSPS) is 24.4. The van der Waals surface area contributed by atoms with Crippen molar-refractivity contribution < 1.29 is 9.90 Å². The fourth-order valence-corrected chi connectivity index (χ4v) is 2.25. The molecule has 1 fully saturated rings. The number of aliphatic hydroxyl groups excluding tert-OH is 1. The summed E-state index contributed by atoms with van der Waals surface area (Å²) in [7, 11) is 0. The zero-order chi connectivity index (χ0) is 12.3. The van der Waals surface area contributed by atoms with Crippen LogP contribution in [0.2, 0.25) is 5.15 Å². The molecule has 0 aliphatic heterocycles. The standard InChI is InChI=1S/C12H15ClN2O2/c13-11-6-2-5-10(15-11)12(17)14-8-3-1-4-9(16)7-8/h2,5-6,8-9,16H,1,3-4,7H2,(H,14,17). The van der Waals surface area contributed by atoms with Crippen LogP contribution in [0.15, 0.2) is 18.2 Å². The second-order valence-electron chi connectivity index (χ2n) is 4.34. The fraction of sp³-hybridized carbons (Fsp3) is 0.500. The fourth-order valence-electron chi connectivity index (χ4n) is 2.09. The number of pyridine rings is 1. The molecule has 0 aromatic carbocycles. The molecular weight excluding hydrogens is 240 g/mol. The molecule has 2 rings (SSSR count). The van der Waals surface area contributed by atoms with E-state index in [4.69, 9.17) is 11.6 Å². The summed E-state index contributed by atoms with van der Waals surface area (Å²) in [6.07, 6.45) is 2.98. The first kappa shape index (κ1) is 12.3. The highest BCUT2D eigenvalue weighted by atomic mass is 35.5. The second-order valence-corrected chi connectivity index (χ2v) is 4.72. The molecule has 2 unspecified atom stereocenters. The van der Waals surface area contributed by atoms with Gasteiger partial charge in [0.05, 0.1) is 6.10 Å². The predicted octanol–water partition coefficient (Wildman–Crippen LogP) is 1.77. The summed E-state index contributed by atoms with van der Waals surface area (Å²) in [5, 5.41) is 12.7. The van der Waals surface area contributed by atoms with E-state index in [2.05, 4.69) is 10.3 Å². The Hall–Kier alpha value is -1.13. The van der Waals surface area contributed by atoms with Gasteiger partial charge in [0.15, 0.2) is 0 Å². The van der Waals surface area contributed by atoms with Crippen molar-refractivity contribution in [1.82, 2.24) is 10.3 Å². The molecule has 1 aromatic rings. The lowest BCUT2D eigenvalue weighted by atomic mass is 9.93. The molecule has 0 bridgehead atoms. The van der Waals surface area contributed by atoms with Gasteiger partial charge >= 0.3 is 0 Å². The van der Waals surface area contributed by atoms with E-state index in [1.54, 1.807) is 18.2 Å². The third-order valence-electron chi connectivity index (χ3n) is 2.93. The molecule has 2 N–H and O–H groups in total. The molecule has 2 atom stereocenters. The first-order valence-corrected chi connectivity index (χ1v) is 6.14. The first-order valence-electron chi connectivity index (χ1n) is 5.76. The zero-order valence-corrected chi connectivity index (χ0v) is 10.2. The molecule has 0 spiro atoms. The highest BCUT2D eigenvalue weighted by molar-refractivity contribution is 6.29. The molecule has 1 aliphatic rings. The van der Waals surface area contributed by atoms with Crippen LogP contribution in [0.5, 0.6) is 0 Å². The number of nitrogens with zero attached hydrogens (tertiary/aromatic N) is 1. The van der Waals surface area contributed by atoms with Crippen LogP contribution in [-0.4, -0.2) is 28.1 Å². The molecular formula is C12H15ClN2O2. The Bertz CT molecular complexity index is 411. The van der Waals surface area contributed by atoms with Gasteiger partial charge in [0.2, 0.25) is 0 Å². The Morgan fingerprint density at radius 1 is 1.47 bits per heavy atom. The average Bonchev–Trinajstić information content (AvgIpc) is 2.29. The summed E-state index contributed by atoms with van der Waals surface area (Å²) >= 11 is 5.72. The Kier molecular flexibility index (Phi) is 3.97. The average molecular weight is 255 g/mol. The van der Waals surface area contributed by atoms with Crippen molar-refractivity contribution in [2.24, 2.45) is 0 Å². The molecule has 1 aliphatic carbocycles. The third-order valence-corrected chi connectivity index (χ3v) is 3.14. The number of nitrogens with one attached hydrogen (secondary N) is 1. The lowest BCUT2D eigenvalue weighted by Gasteiger charge is -2.26. The lowest BCUT2D eigenvalue weighted by Crippen LogP contribution is -2.40. The van der Waals surface area contributed by atoms with Gasteiger partial charge in [-0.25, -0.2) is 4.98 Å². The van der Waals surface area contributed by atoms with Crippen molar-refractivity contribution in [2.75, 3.05) is 0 Å². The molecule has 1 saturated carbocycles. The minimum Gasteiger partial charge on any atom is -0.393 e. The minimum atomic E-state index is -0.304. The van der Waals surface area contributed by atoms with Crippen molar-refractivity contribution in [1.29, 1.82) is 0 Å². The van der Waals surface area contributed by atoms with Crippen LogP contribution in [0.4, 0.5) is 0 Å². The molecule has 1 aromatic heterocycles. The van der Waals surface area contributed by atoms with E-state index in [1.165, 1.54) is 0 Å². The monoisotopic (exact) mass is 254 g/mol. The van der Waals surface area contributed by atoms with Crippen LogP contribution in [0, 0.1) is 0 Å². The molecule has 17 heavy (non-hydrogen) atoms. The van der Waals surface area contributed by atoms with E-state index in [0.29, 0.717) is 17.3 Å². The Balaban J connectivity index is 1.97. The van der Waals surface area contributed by atoms with Gasteiger partial charge < -0.3 is 10.4 Å². The summed E-state index contributed by atoms with van der Waals surface area (Å²) in [5.41, 5.74) is 0.317. The summed E-state index contributed by atoms with van der Waals surface area (Å²) < 4.78 is 0. The highest BCUT2D eigenvalue weighted by Gasteiger charge is 2.22. The van der Waals surface area contributed by atoms with Crippen molar-refractivity contribution in [3.8, 4) is 0 Å². The quantitative estimate of drug-likeness (QED) is 0.791. The summed E-state index contributed by atoms with van der Waals surface area (Å²) in [6.45, 7) is 0. The van der Waals surface area contributed by atoms with Crippen molar-refractivity contribution in [3.63, 3.8) is 0 Å². The number of amides is 1. The molecule has 0 radical (unpaired) electrons. The Labute approximate surface area is 105 Å². The Morgan fingerprint density at radius 2 is 2.29 bits per heavy atom. The zero-order valence-electron chi connectivity index (χ0n) is 9.40. The van der Waals surface area contributed by atoms with Gasteiger partial charge in [0.25, 0.3) is 5.91 Å². The molecule has 0 saturated heterocycles. The van der Waals surface area contributed by atoms with E-state index < -0.39 is 0 Å². The van der Waals surface area contributed by atoms with E-state index in [0.717, 1.165) is 19.3 Å². The summed E-state index contributed by atoms with van der Waals surface area (Å²) in [4.78, 5) is 15.8. The summed E-state index contributed by atoms with van der Waals surface area (Å²) in [5.74, 6) is -0.230. The topological polar surface area (TPSA) is 62.2 Å².